The van der Waals surface area contributed by atoms with Gasteiger partial charge in [-0.2, -0.15) is 0 Å². The molecule has 9 heteroatoms. The molecule has 1 N–H and O–H groups in total. The first-order valence-corrected chi connectivity index (χ1v) is 9.24. The minimum atomic E-state index is -3.23. The van der Waals surface area contributed by atoms with Gasteiger partial charge >= 0.3 is 0 Å². The van der Waals surface area contributed by atoms with Crippen molar-refractivity contribution in [1.82, 2.24) is 14.3 Å². The molecule has 0 atom stereocenters. The summed E-state index contributed by atoms with van der Waals surface area (Å²) in [6, 6.07) is 2.01. The van der Waals surface area contributed by atoms with Crippen molar-refractivity contribution in [1.29, 1.82) is 0 Å². The number of sulfonamides is 1. The number of halogens is 1. The second-order valence-corrected chi connectivity index (χ2v) is 8.41. The molecule has 2 heterocycles. The maximum atomic E-state index is 11.7. The number of rotatable bonds is 6. The Balaban J connectivity index is 2.20. The van der Waals surface area contributed by atoms with Gasteiger partial charge < -0.3 is 5.32 Å². The van der Waals surface area contributed by atoms with Crippen molar-refractivity contribution in [2.75, 3.05) is 31.7 Å². The Bertz CT molecular complexity index is 743. The SMILES string of the molecule is CCc1cc2c(NCCS(=O)(=O)N(C)C)nc(Cl)nc2s1. The Kier molecular flexibility index (Phi) is 5.03. The zero-order chi connectivity index (χ0) is 15.6. The molecular formula is C12H17ClN4O2S2. The number of aryl methyl sites for hydroxylation is 1. The third-order valence-electron chi connectivity index (χ3n) is 2.97. The van der Waals surface area contributed by atoms with E-state index in [2.05, 4.69) is 22.2 Å². The van der Waals surface area contributed by atoms with E-state index in [-0.39, 0.29) is 17.6 Å². The van der Waals surface area contributed by atoms with E-state index in [9.17, 15) is 8.42 Å². The van der Waals surface area contributed by atoms with Crippen LogP contribution in [0.25, 0.3) is 10.2 Å². The van der Waals surface area contributed by atoms with Crippen LogP contribution >= 0.6 is 22.9 Å². The average Bonchev–Trinajstić information content (AvgIpc) is 2.81. The zero-order valence-electron chi connectivity index (χ0n) is 12.1. The van der Waals surface area contributed by atoms with Gasteiger partial charge in [0.15, 0.2) is 0 Å². The van der Waals surface area contributed by atoms with Gasteiger partial charge in [-0.3, -0.25) is 0 Å². The van der Waals surface area contributed by atoms with E-state index in [1.165, 1.54) is 23.3 Å². The lowest BCUT2D eigenvalue weighted by molar-refractivity contribution is 0.521. The van der Waals surface area contributed by atoms with Crippen LogP contribution in [0.3, 0.4) is 0 Å². The summed E-state index contributed by atoms with van der Waals surface area (Å²) in [7, 11) is -0.203. The van der Waals surface area contributed by atoms with E-state index in [4.69, 9.17) is 11.6 Å². The summed E-state index contributed by atoms with van der Waals surface area (Å²) in [5.41, 5.74) is 0. The first-order chi connectivity index (χ1) is 9.83. The van der Waals surface area contributed by atoms with Crippen molar-refractivity contribution in [3.63, 3.8) is 0 Å². The Morgan fingerprint density at radius 2 is 2.10 bits per heavy atom. The standard InChI is InChI=1S/C12H17ClN4O2S2/c1-4-8-7-9-10(15-12(13)16-11(9)20-8)14-5-6-21(18,19)17(2)3/h7H,4-6H2,1-3H3,(H,14,15,16). The molecule has 0 bridgehead atoms. The smallest absolute Gasteiger partial charge is 0.225 e. The number of nitrogens with zero attached hydrogens (tertiary/aromatic N) is 3. The molecule has 0 spiro atoms. The second-order valence-electron chi connectivity index (χ2n) is 4.65. The van der Waals surface area contributed by atoms with Crippen molar-refractivity contribution in [2.45, 2.75) is 13.3 Å². The van der Waals surface area contributed by atoms with Crippen molar-refractivity contribution < 1.29 is 8.42 Å². The van der Waals surface area contributed by atoms with E-state index in [0.29, 0.717) is 5.82 Å². The van der Waals surface area contributed by atoms with E-state index in [1.54, 1.807) is 11.3 Å². The summed E-state index contributed by atoms with van der Waals surface area (Å²) < 4.78 is 24.7. The quantitative estimate of drug-likeness (QED) is 0.810. The van der Waals surface area contributed by atoms with Gasteiger partial charge in [-0.15, -0.1) is 11.3 Å². The van der Waals surface area contributed by atoms with Crippen LogP contribution in [-0.4, -0.2) is 49.1 Å². The van der Waals surface area contributed by atoms with E-state index in [1.807, 2.05) is 6.07 Å². The highest BCUT2D eigenvalue weighted by Gasteiger charge is 2.14. The van der Waals surface area contributed by atoms with Crippen LogP contribution in [0.2, 0.25) is 5.28 Å². The van der Waals surface area contributed by atoms with Crippen LogP contribution in [0.5, 0.6) is 0 Å². The molecule has 0 amide bonds. The molecule has 116 valence electrons. The fourth-order valence-electron chi connectivity index (χ4n) is 1.74. The topological polar surface area (TPSA) is 75.2 Å². The molecule has 0 aliphatic heterocycles. The molecule has 6 nitrogen and oxygen atoms in total. The number of hydrogen-bond acceptors (Lipinski definition) is 6. The molecule has 0 aromatic carbocycles. The van der Waals surface area contributed by atoms with Crippen LogP contribution in [0.4, 0.5) is 5.82 Å². The lowest BCUT2D eigenvalue weighted by Gasteiger charge is -2.12. The molecule has 21 heavy (non-hydrogen) atoms. The number of fused-ring (bicyclic) bond motifs is 1. The predicted molar refractivity (Wildman–Crippen MR) is 87.8 cm³/mol. The lowest BCUT2D eigenvalue weighted by atomic mass is 10.3. The maximum absolute atomic E-state index is 11.7. The molecule has 2 aromatic heterocycles. The molecule has 0 unspecified atom stereocenters. The van der Waals surface area contributed by atoms with Crippen LogP contribution in [0, 0.1) is 0 Å². The number of anilines is 1. The van der Waals surface area contributed by atoms with Crippen LogP contribution < -0.4 is 5.32 Å². The largest absolute Gasteiger partial charge is 0.368 e. The highest BCUT2D eigenvalue weighted by Crippen LogP contribution is 2.30. The number of aromatic nitrogens is 2. The van der Waals surface area contributed by atoms with Gasteiger partial charge in [0, 0.05) is 25.5 Å². The number of thiophene rings is 1. The van der Waals surface area contributed by atoms with Crippen LogP contribution in [-0.2, 0) is 16.4 Å². The molecular weight excluding hydrogens is 332 g/mol. The number of hydrogen-bond donors (Lipinski definition) is 1. The molecule has 0 radical (unpaired) electrons. The van der Waals surface area contributed by atoms with Gasteiger partial charge in [0.25, 0.3) is 0 Å². The summed E-state index contributed by atoms with van der Waals surface area (Å²) in [4.78, 5) is 10.3. The monoisotopic (exact) mass is 348 g/mol. The molecule has 0 saturated heterocycles. The zero-order valence-corrected chi connectivity index (χ0v) is 14.4. The Morgan fingerprint density at radius 1 is 1.38 bits per heavy atom. The van der Waals surface area contributed by atoms with Gasteiger partial charge in [0.05, 0.1) is 11.1 Å². The summed E-state index contributed by atoms with van der Waals surface area (Å²) in [5, 5.41) is 4.08. The Labute approximate surface area is 133 Å². The molecule has 2 rings (SSSR count). The summed E-state index contributed by atoms with van der Waals surface area (Å²) >= 11 is 7.48. The first kappa shape index (κ1) is 16.4. The van der Waals surface area contributed by atoms with Gasteiger partial charge in [-0.05, 0) is 24.1 Å². The van der Waals surface area contributed by atoms with Crippen molar-refractivity contribution in [3.8, 4) is 0 Å². The van der Waals surface area contributed by atoms with Crippen molar-refractivity contribution in [3.05, 3.63) is 16.2 Å². The summed E-state index contributed by atoms with van der Waals surface area (Å²) in [6.07, 6.45) is 0.910. The van der Waals surface area contributed by atoms with Crippen molar-refractivity contribution in [2.24, 2.45) is 0 Å². The van der Waals surface area contributed by atoms with E-state index >= 15 is 0 Å². The maximum Gasteiger partial charge on any atom is 0.225 e. The third-order valence-corrected chi connectivity index (χ3v) is 6.15. The Hall–Kier alpha value is -0.960. The minimum Gasteiger partial charge on any atom is -0.368 e. The highest BCUT2D eigenvalue weighted by molar-refractivity contribution is 7.89. The molecule has 2 aromatic rings. The first-order valence-electron chi connectivity index (χ1n) is 6.43. The molecule has 0 saturated carbocycles. The molecule has 0 aliphatic rings. The average molecular weight is 349 g/mol. The highest BCUT2D eigenvalue weighted by atomic mass is 35.5. The van der Waals surface area contributed by atoms with Crippen molar-refractivity contribution >= 4 is 49.0 Å². The van der Waals surface area contributed by atoms with Crippen LogP contribution in [0.15, 0.2) is 6.07 Å². The third kappa shape index (κ3) is 3.82. The summed E-state index contributed by atoms with van der Waals surface area (Å²) in [6.45, 7) is 2.33. The fourth-order valence-corrected chi connectivity index (χ4v) is 3.65. The normalized spacial score (nSPS) is 12.2. The predicted octanol–water partition coefficient (Wildman–Crippen LogP) is 2.21. The van der Waals surface area contributed by atoms with Gasteiger partial charge in [-0.25, -0.2) is 22.7 Å². The van der Waals surface area contributed by atoms with E-state index < -0.39 is 10.0 Å². The lowest BCUT2D eigenvalue weighted by Crippen LogP contribution is -2.28. The Morgan fingerprint density at radius 3 is 2.71 bits per heavy atom. The van der Waals surface area contributed by atoms with Crippen LogP contribution in [0.1, 0.15) is 11.8 Å². The summed E-state index contributed by atoms with van der Waals surface area (Å²) in [5.74, 6) is 0.573. The van der Waals surface area contributed by atoms with Gasteiger partial charge in [0.1, 0.15) is 10.6 Å². The number of nitrogens with one attached hydrogen (secondary N) is 1. The fraction of sp³-hybridized carbons (Fsp3) is 0.500. The van der Waals surface area contributed by atoms with E-state index in [0.717, 1.165) is 16.6 Å². The second kappa shape index (κ2) is 6.43. The molecule has 0 aliphatic carbocycles. The molecule has 0 fully saturated rings. The van der Waals surface area contributed by atoms with Gasteiger partial charge in [-0.1, -0.05) is 6.92 Å². The minimum absolute atomic E-state index is 0.00606. The van der Waals surface area contributed by atoms with Gasteiger partial charge in [0.2, 0.25) is 15.3 Å².